The van der Waals surface area contributed by atoms with Gasteiger partial charge in [0.25, 0.3) is 12.3 Å². The molecule has 8 heteroatoms. The van der Waals surface area contributed by atoms with Gasteiger partial charge in [-0.2, -0.15) is 0 Å². The fraction of sp³-hybridized carbons (Fsp3) is 0.900. The van der Waals surface area contributed by atoms with Crippen LogP contribution in [0, 0.1) is 0 Å². The fourth-order valence-corrected chi connectivity index (χ4v) is 1.81. The molecule has 108 valence electrons. The van der Waals surface area contributed by atoms with E-state index in [-0.39, 0.29) is 23.7 Å². The molecular weight excluding hydrogens is 282 g/mol. The minimum Gasteiger partial charge on any atom is -0.287 e. The van der Waals surface area contributed by atoms with Crippen LogP contribution >= 0.6 is 11.8 Å². The molecule has 0 aliphatic rings. The third kappa shape index (κ3) is 5.97. The van der Waals surface area contributed by atoms with Crippen molar-refractivity contribution in [1.29, 1.82) is 0 Å². The predicted octanol–water partition coefficient (Wildman–Crippen LogP) is 4.01. The summed E-state index contributed by atoms with van der Waals surface area (Å²) >= 11 is 0.807. The highest BCUT2D eigenvalue weighted by atomic mass is 32.2. The SMILES string of the molecule is CCC(=O)SCCCC(F)(F)C(F)C(F)C(F)F. The van der Waals surface area contributed by atoms with Crippen LogP contribution in [0.2, 0.25) is 0 Å². The van der Waals surface area contributed by atoms with Gasteiger partial charge >= 0.3 is 0 Å². The van der Waals surface area contributed by atoms with Crippen molar-refractivity contribution in [1.82, 2.24) is 0 Å². The van der Waals surface area contributed by atoms with E-state index in [4.69, 9.17) is 0 Å². The minimum absolute atomic E-state index is 0.0284. The second kappa shape index (κ2) is 7.91. The summed E-state index contributed by atoms with van der Waals surface area (Å²) in [5, 5.41) is -0.203. The molecule has 0 aliphatic heterocycles. The second-order valence-corrected chi connectivity index (χ2v) is 4.77. The van der Waals surface area contributed by atoms with Gasteiger partial charge in [-0.05, 0) is 6.42 Å². The van der Waals surface area contributed by atoms with Crippen molar-refractivity contribution < 1.29 is 31.1 Å². The Bertz CT molecular complexity index is 261. The van der Waals surface area contributed by atoms with Crippen molar-refractivity contribution in [3.05, 3.63) is 0 Å². The molecule has 18 heavy (non-hydrogen) atoms. The highest BCUT2D eigenvalue weighted by molar-refractivity contribution is 8.13. The molecule has 1 nitrogen and oxygen atoms in total. The number of carbonyl (C=O) groups excluding carboxylic acids is 1. The molecule has 0 aromatic rings. The maximum absolute atomic E-state index is 13.0. The summed E-state index contributed by atoms with van der Waals surface area (Å²) in [6.07, 6.45) is -11.9. The Morgan fingerprint density at radius 1 is 1.22 bits per heavy atom. The molecule has 0 N–H and O–H groups in total. The third-order valence-corrected chi connectivity index (χ3v) is 3.23. The van der Waals surface area contributed by atoms with E-state index in [0.29, 0.717) is 0 Å². The largest absolute Gasteiger partial charge is 0.287 e. The molecule has 0 aliphatic carbocycles. The Kier molecular flexibility index (Phi) is 7.73. The Morgan fingerprint density at radius 2 is 1.78 bits per heavy atom. The Hall–Kier alpha value is -0.400. The van der Waals surface area contributed by atoms with E-state index in [1.54, 1.807) is 6.92 Å². The van der Waals surface area contributed by atoms with E-state index >= 15 is 0 Å². The van der Waals surface area contributed by atoms with Gasteiger partial charge in [-0.1, -0.05) is 18.7 Å². The normalized spacial score (nSPS) is 15.8. The van der Waals surface area contributed by atoms with Crippen molar-refractivity contribution in [2.24, 2.45) is 0 Å². The van der Waals surface area contributed by atoms with E-state index in [2.05, 4.69) is 0 Å². The number of hydrogen-bond donors (Lipinski definition) is 0. The van der Waals surface area contributed by atoms with Crippen LogP contribution in [0.4, 0.5) is 26.3 Å². The van der Waals surface area contributed by atoms with Crippen molar-refractivity contribution in [2.75, 3.05) is 5.75 Å². The lowest BCUT2D eigenvalue weighted by molar-refractivity contribution is -0.131. The first-order valence-electron chi connectivity index (χ1n) is 5.32. The van der Waals surface area contributed by atoms with Crippen LogP contribution < -0.4 is 0 Å². The lowest BCUT2D eigenvalue weighted by Gasteiger charge is -2.22. The average Bonchev–Trinajstić information content (AvgIpc) is 2.32. The zero-order chi connectivity index (χ0) is 14.3. The fourth-order valence-electron chi connectivity index (χ4n) is 1.09. The van der Waals surface area contributed by atoms with Gasteiger partial charge in [-0.3, -0.25) is 4.79 Å². The highest BCUT2D eigenvalue weighted by Gasteiger charge is 2.48. The van der Waals surface area contributed by atoms with Gasteiger partial charge in [0, 0.05) is 18.6 Å². The zero-order valence-corrected chi connectivity index (χ0v) is 10.5. The van der Waals surface area contributed by atoms with Crippen LogP contribution in [0.25, 0.3) is 0 Å². The van der Waals surface area contributed by atoms with Crippen molar-refractivity contribution >= 4 is 16.9 Å². The minimum atomic E-state index is -4.15. The highest BCUT2D eigenvalue weighted by Crippen LogP contribution is 2.33. The van der Waals surface area contributed by atoms with Crippen LogP contribution in [0.1, 0.15) is 26.2 Å². The van der Waals surface area contributed by atoms with E-state index in [1.807, 2.05) is 0 Å². The molecule has 0 amide bonds. The number of hydrogen-bond acceptors (Lipinski definition) is 2. The van der Waals surface area contributed by atoms with Gasteiger partial charge in [0.15, 0.2) is 17.5 Å². The van der Waals surface area contributed by atoms with Crippen LogP contribution in [-0.2, 0) is 4.79 Å². The Labute approximate surface area is 105 Å². The van der Waals surface area contributed by atoms with Gasteiger partial charge in [0.1, 0.15) is 0 Å². The molecule has 0 radical (unpaired) electrons. The van der Waals surface area contributed by atoms with Crippen LogP contribution in [0.5, 0.6) is 0 Å². The quantitative estimate of drug-likeness (QED) is 0.497. The van der Waals surface area contributed by atoms with Gasteiger partial charge < -0.3 is 0 Å². The smallest absolute Gasteiger partial charge is 0.281 e. The maximum atomic E-state index is 13.0. The molecule has 0 rings (SSSR count). The first kappa shape index (κ1) is 17.6. The molecule has 0 saturated carbocycles. The van der Waals surface area contributed by atoms with E-state index in [0.717, 1.165) is 11.8 Å². The van der Waals surface area contributed by atoms with Crippen molar-refractivity contribution in [3.63, 3.8) is 0 Å². The van der Waals surface area contributed by atoms with Gasteiger partial charge in [-0.15, -0.1) is 0 Å². The zero-order valence-electron chi connectivity index (χ0n) is 9.64. The number of halogens is 6. The molecule has 0 fully saturated rings. The topological polar surface area (TPSA) is 17.1 Å². The summed E-state index contributed by atoms with van der Waals surface area (Å²) in [5.74, 6) is -4.12. The molecular formula is C10H14F6OS. The number of carbonyl (C=O) groups is 1. The molecule has 0 bridgehead atoms. The third-order valence-electron chi connectivity index (χ3n) is 2.13. The van der Waals surface area contributed by atoms with E-state index < -0.39 is 31.1 Å². The summed E-state index contributed by atoms with van der Waals surface area (Å²) in [4.78, 5) is 10.8. The average molecular weight is 296 g/mol. The number of thioether (sulfide) groups is 1. The van der Waals surface area contributed by atoms with Crippen molar-refractivity contribution in [2.45, 2.75) is 50.9 Å². The molecule has 0 aromatic carbocycles. The molecule has 0 saturated heterocycles. The van der Waals surface area contributed by atoms with Crippen LogP contribution in [-0.4, -0.2) is 35.6 Å². The predicted molar refractivity (Wildman–Crippen MR) is 57.7 cm³/mol. The van der Waals surface area contributed by atoms with E-state index in [1.165, 1.54) is 0 Å². The first-order valence-corrected chi connectivity index (χ1v) is 6.30. The monoisotopic (exact) mass is 296 g/mol. The van der Waals surface area contributed by atoms with Crippen molar-refractivity contribution in [3.8, 4) is 0 Å². The van der Waals surface area contributed by atoms with Gasteiger partial charge in [0.2, 0.25) is 0 Å². The summed E-state index contributed by atoms with van der Waals surface area (Å²) in [7, 11) is 0. The van der Waals surface area contributed by atoms with E-state index in [9.17, 15) is 31.1 Å². The summed E-state index contributed by atoms with van der Waals surface area (Å²) in [5.41, 5.74) is 0. The molecule has 0 spiro atoms. The Morgan fingerprint density at radius 3 is 2.22 bits per heavy atom. The summed E-state index contributed by atoms with van der Waals surface area (Å²) in [6.45, 7) is 1.60. The summed E-state index contributed by atoms with van der Waals surface area (Å²) < 4.78 is 74.7. The van der Waals surface area contributed by atoms with Gasteiger partial charge in [0.05, 0.1) is 0 Å². The maximum Gasteiger partial charge on any atom is 0.281 e. The van der Waals surface area contributed by atoms with Gasteiger partial charge in [-0.25, -0.2) is 26.3 Å². The molecule has 2 atom stereocenters. The molecule has 0 heterocycles. The second-order valence-electron chi connectivity index (χ2n) is 3.62. The molecule has 2 unspecified atom stereocenters. The standard InChI is InChI=1S/C10H14F6OS/c1-2-6(17)18-5-3-4-10(15,16)8(12)7(11)9(13)14/h7-9H,2-5H2,1H3. The number of alkyl halides is 6. The summed E-state index contributed by atoms with van der Waals surface area (Å²) in [6, 6.07) is 0. The first-order chi connectivity index (χ1) is 8.22. The Balaban J connectivity index is 4.10. The van der Waals surface area contributed by atoms with Crippen LogP contribution in [0.15, 0.2) is 0 Å². The van der Waals surface area contributed by atoms with Crippen LogP contribution in [0.3, 0.4) is 0 Å². The lowest BCUT2D eigenvalue weighted by atomic mass is 10.1. The lowest BCUT2D eigenvalue weighted by Crippen LogP contribution is -2.40. The molecule has 0 aromatic heterocycles. The number of rotatable bonds is 8.